The molecule has 0 N–H and O–H groups in total. The molecule has 0 saturated heterocycles. The van der Waals surface area contributed by atoms with E-state index in [9.17, 15) is 4.79 Å². The lowest BCUT2D eigenvalue weighted by Gasteiger charge is -2.13. The van der Waals surface area contributed by atoms with Crippen LogP contribution in [0.5, 0.6) is 0 Å². The number of rotatable bonds is 3. The second kappa shape index (κ2) is 6.08. The molecule has 118 valence electrons. The van der Waals surface area contributed by atoms with Gasteiger partial charge >= 0.3 is 0 Å². The first kappa shape index (κ1) is 15.6. The van der Waals surface area contributed by atoms with Crippen molar-refractivity contribution in [2.24, 2.45) is 11.0 Å². The number of hydrazone groups is 1. The van der Waals surface area contributed by atoms with E-state index in [-0.39, 0.29) is 11.8 Å². The molecule has 0 bridgehead atoms. The fraction of sp³-hybridized carbons (Fsp3) is 0.294. The van der Waals surface area contributed by atoms with Gasteiger partial charge in [0, 0.05) is 22.1 Å². The molecule has 0 saturated carbocycles. The first-order valence-corrected chi connectivity index (χ1v) is 7.77. The Hall–Kier alpha value is -2.27. The second-order valence-electron chi connectivity index (χ2n) is 5.73. The summed E-state index contributed by atoms with van der Waals surface area (Å²) in [6.45, 7) is 5.60. The van der Waals surface area contributed by atoms with Crippen LogP contribution in [0.15, 0.2) is 35.4 Å². The molecule has 23 heavy (non-hydrogen) atoms. The summed E-state index contributed by atoms with van der Waals surface area (Å²) in [4.78, 5) is 21.4. The van der Waals surface area contributed by atoms with Crippen molar-refractivity contribution >= 4 is 29.2 Å². The van der Waals surface area contributed by atoms with Crippen LogP contribution in [0, 0.1) is 19.8 Å². The molecule has 1 atom stereocenters. The van der Waals surface area contributed by atoms with Gasteiger partial charge in [0.15, 0.2) is 0 Å². The number of nitrogens with zero attached hydrogens (tertiary/aromatic N) is 4. The molecule has 0 unspecified atom stereocenters. The Labute approximate surface area is 140 Å². The topological polar surface area (TPSA) is 58.5 Å². The summed E-state index contributed by atoms with van der Waals surface area (Å²) < 4.78 is 0. The third-order valence-electron chi connectivity index (χ3n) is 3.76. The summed E-state index contributed by atoms with van der Waals surface area (Å²) in [6, 6.07) is 9.40. The zero-order valence-corrected chi connectivity index (χ0v) is 14.0. The van der Waals surface area contributed by atoms with Crippen LogP contribution >= 0.6 is 11.6 Å². The average molecular weight is 329 g/mol. The van der Waals surface area contributed by atoms with E-state index in [0.717, 1.165) is 22.7 Å². The minimum Gasteiger partial charge on any atom is -0.272 e. The Morgan fingerprint density at radius 1 is 1.13 bits per heavy atom. The fourth-order valence-corrected chi connectivity index (χ4v) is 2.90. The average Bonchev–Trinajstić information content (AvgIpc) is 2.74. The van der Waals surface area contributed by atoms with E-state index in [0.29, 0.717) is 17.4 Å². The first-order valence-electron chi connectivity index (χ1n) is 7.40. The highest BCUT2D eigenvalue weighted by Crippen LogP contribution is 2.25. The van der Waals surface area contributed by atoms with Crippen molar-refractivity contribution in [3.63, 3.8) is 0 Å². The highest BCUT2D eigenvalue weighted by atomic mass is 35.5. The molecule has 5 nitrogen and oxygen atoms in total. The van der Waals surface area contributed by atoms with Crippen LogP contribution in [0.1, 0.15) is 23.9 Å². The van der Waals surface area contributed by atoms with Gasteiger partial charge in [0.1, 0.15) is 0 Å². The lowest BCUT2D eigenvalue weighted by atomic mass is 9.95. The number of aromatic nitrogens is 2. The molecule has 1 amide bonds. The molecule has 2 heterocycles. The molecule has 0 radical (unpaired) electrons. The normalized spacial score (nSPS) is 17.6. The molecule has 0 aliphatic carbocycles. The number of anilines is 1. The van der Waals surface area contributed by atoms with Crippen LogP contribution in [-0.4, -0.2) is 21.6 Å². The van der Waals surface area contributed by atoms with Gasteiger partial charge in [-0.25, -0.2) is 9.97 Å². The van der Waals surface area contributed by atoms with Gasteiger partial charge in [0.2, 0.25) is 0 Å². The largest absolute Gasteiger partial charge is 0.272 e. The van der Waals surface area contributed by atoms with Crippen molar-refractivity contribution in [3.05, 3.63) is 52.3 Å². The number of aryl methyl sites for hydroxylation is 2. The maximum atomic E-state index is 12.7. The van der Waals surface area contributed by atoms with Crippen LogP contribution in [0.2, 0.25) is 5.02 Å². The van der Waals surface area contributed by atoms with Crippen molar-refractivity contribution in [2.45, 2.75) is 27.2 Å². The van der Waals surface area contributed by atoms with Gasteiger partial charge in [-0.15, -0.1) is 0 Å². The predicted molar refractivity (Wildman–Crippen MR) is 90.7 cm³/mol. The van der Waals surface area contributed by atoms with E-state index in [4.69, 9.17) is 11.6 Å². The van der Waals surface area contributed by atoms with Crippen LogP contribution < -0.4 is 5.01 Å². The fourth-order valence-electron chi connectivity index (χ4n) is 2.68. The Morgan fingerprint density at radius 2 is 1.83 bits per heavy atom. The number of benzene rings is 1. The van der Waals surface area contributed by atoms with Crippen molar-refractivity contribution in [1.82, 2.24) is 9.97 Å². The van der Waals surface area contributed by atoms with Gasteiger partial charge in [0.05, 0.1) is 5.92 Å². The molecule has 1 aromatic heterocycles. The molecule has 3 rings (SSSR count). The molecule has 2 aromatic rings. The quantitative estimate of drug-likeness (QED) is 0.868. The predicted octanol–water partition coefficient (Wildman–Crippen LogP) is 3.33. The molecule has 6 heteroatoms. The summed E-state index contributed by atoms with van der Waals surface area (Å²) in [5.74, 6) is -0.0780. The summed E-state index contributed by atoms with van der Waals surface area (Å²) in [7, 11) is 0. The Balaban J connectivity index is 1.86. The molecule has 0 fully saturated rings. The Morgan fingerprint density at radius 3 is 2.48 bits per heavy atom. The van der Waals surface area contributed by atoms with E-state index in [2.05, 4.69) is 15.1 Å². The summed E-state index contributed by atoms with van der Waals surface area (Å²) in [5.41, 5.74) is 3.39. The summed E-state index contributed by atoms with van der Waals surface area (Å²) >= 11 is 6.02. The maximum Gasteiger partial charge on any atom is 0.259 e. The zero-order valence-electron chi connectivity index (χ0n) is 13.2. The van der Waals surface area contributed by atoms with Crippen LogP contribution in [0.3, 0.4) is 0 Å². The van der Waals surface area contributed by atoms with Crippen LogP contribution in [0.4, 0.5) is 5.95 Å². The third kappa shape index (κ3) is 3.24. The van der Waals surface area contributed by atoms with Gasteiger partial charge in [0.25, 0.3) is 11.9 Å². The molecular weight excluding hydrogens is 312 g/mol. The minimum absolute atomic E-state index is 0.104. The van der Waals surface area contributed by atoms with Crippen molar-refractivity contribution in [3.8, 4) is 0 Å². The van der Waals surface area contributed by atoms with E-state index >= 15 is 0 Å². The smallest absolute Gasteiger partial charge is 0.259 e. The molecule has 1 aliphatic heterocycles. The van der Waals surface area contributed by atoms with Gasteiger partial charge in [-0.2, -0.15) is 10.1 Å². The van der Waals surface area contributed by atoms with Crippen molar-refractivity contribution in [2.75, 3.05) is 5.01 Å². The molecule has 1 aliphatic rings. The highest BCUT2D eigenvalue weighted by Gasteiger charge is 2.35. The monoisotopic (exact) mass is 328 g/mol. The summed E-state index contributed by atoms with van der Waals surface area (Å²) in [6.07, 6.45) is 0.566. The lowest BCUT2D eigenvalue weighted by Crippen LogP contribution is -2.29. The van der Waals surface area contributed by atoms with E-state index < -0.39 is 0 Å². The molecular formula is C17H17ClN4O. The number of carbonyl (C=O) groups is 1. The molecule has 0 spiro atoms. The number of halogens is 1. The standard InChI is InChI=1S/C17H17ClN4O/c1-10-7-11(2)20-17(19-10)22-16(23)15(12(3)21-22)9-13-5-4-6-14(18)8-13/h4-8,15H,9H2,1-3H3/t15-/m0/s1. The SMILES string of the molecule is CC1=NN(c2nc(C)cc(C)n2)C(=O)[C@H]1Cc1cccc(Cl)c1. The van der Waals surface area contributed by atoms with Gasteiger partial charge in [-0.05, 0) is 51.0 Å². The zero-order chi connectivity index (χ0) is 16.6. The third-order valence-corrected chi connectivity index (χ3v) is 3.99. The number of hydrogen-bond acceptors (Lipinski definition) is 4. The van der Waals surface area contributed by atoms with E-state index in [1.807, 2.05) is 51.1 Å². The Kier molecular flexibility index (Phi) is 4.13. The number of hydrogen-bond donors (Lipinski definition) is 0. The van der Waals surface area contributed by atoms with Crippen LogP contribution in [0.25, 0.3) is 0 Å². The second-order valence-corrected chi connectivity index (χ2v) is 6.17. The number of carbonyl (C=O) groups excluding carboxylic acids is 1. The van der Waals surface area contributed by atoms with Crippen molar-refractivity contribution < 1.29 is 4.79 Å². The number of amides is 1. The van der Waals surface area contributed by atoms with E-state index in [1.54, 1.807) is 0 Å². The molecule has 1 aromatic carbocycles. The van der Waals surface area contributed by atoms with Gasteiger partial charge in [-0.3, -0.25) is 4.79 Å². The summed E-state index contributed by atoms with van der Waals surface area (Å²) in [5, 5.41) is 6.34. The maximum absolute atomic E-state index is 12.7. The first-order chi connectivity index (χ1) is 10.9. The highest BCUT2D eigenvalue weighted by molar-refractivity contribution is 6.30. The lowest BCUT2D eigenvalue weighted by molar-refractivity contribution is -0.119. The van der Waals surface area contributed by atoms with Crippen LogP contribution in [-0.2, 0) is 11.2 Å². The van der Waals surface area contributed by atoms with Gasteiger partial charge in [-0.1, -0.05) is 23.7 Å². The minimum atomic E-state index is -0.308. The Bertz CT molecular complexity index is 783. The van der Waals surface area contributed by atoms with Gasteiger partial charge < -0.3 is 0 Å². The van der Waals surface area contributed by atoms with Crippen molar-refractivity contribution in [1.29, 1.82) is 0 Å². The van der Waals surface area contributed by atoms with E-state index in [1.165, 1.54) is 5.01 Å².